The summed E-state index contributed by atoms with van der Waals surface area (Å²) < 4.78 is 0. The van der Waals surface area contributed by atoms with E-state index >= 15 is 0 Å². The van der Waals surface area contributed by atoms with Crippen LogP contribution in [0.25, 0.3) is 0 Å². The summed E-state index contributed by atoms with van der Waals surface area (Å²) in [7, 11) is 1.81. The number of carbonyl (C=O) groups is 2. The number of likely N-dealkylation sites (N-methyl/N-ethyl adjacent to an activating group) is 1. The zero-order chi connectivity index (χ0) is 19.4. The summed E-state index contributed by atoms with van der Waals surface area (Å²) in [4.78, 5) is 27.2. The van der Waals surface area contributed by atoms with E-state index in [9.17, 15) is 9.59 Å². The highest BCUT2D eigenvalue weighted by Crippen LogP contribution is 2.24. The smallest absolute Gasteiger partial charge is 0.242 e. The number of rotatable bonds is 7. The maximum absolute atomic E-state index is 12.8. The van der Waals surface area contributed by atoms with Crippen molar-refractivity contribution in [1.82, 2.24) is 10.2 Å². The molecule has 5 nitrogen and oxygen atoms in total. The van der Waals surface area contributed by atoms with Gasteiger partial charge < -0.3 is 10.6 Å². The minimum absolute atomic E-state index is 0.0502. The normalized spacial score (nSPS) is 14.7. The predicted octanol–water partition coefficient (Wildman–Crippen LogP) is 3.19. The minimum atomic E-state index is -0.490. The van der Waals surface area contributed by atoms with Gasteiger partial charge in [-0.15, -0.1) is 0 Å². The molecule has 2 N–H and O–H groups in total. The van der Waals surface area contributed by atoms with E-state index in [1.165, 1.54) is 0 Å². The molecular formula is C22H27N3O2. The lowest BCUT2D eigenvalue weighted by Crippen LogP contribution is -2.42. The molecule has 1 unspecified atom stereocenters. The van der Waals surface area contributed by atoms with Crippen LogP contribution in [0.2, 0.25) is 0 Å². The third kappa shape index (κ3) is 4.95. The highest BCUT2D eigenvalue weighted by molar-refractivity contribution is 5.93. The first-order chi connectivity index (χ1) is 13.0. The SMILES string of the molecule is Cc1cccc(NC(=O)CN(C)C(C(=O)NC2CC2)c2ccccc2)c1C. The molecule has 0 saturated heterocycles. The fourth-order valence-electron chi connectivity index (χ4n) is 3.14. The molecular weight excluding hydrogens is 338 g/mol. The minimum Gasteiger partial charge on any atom is -0.352 e. The topological polar surface area (TPSA) is 61.4 Å². The molecule has 142 valence electrons. The summed E-state index contributed by atoms with van der Waals surface area (Å²) in [6.07, 6.45) is 2.06. The van der Waals surface area contributed by atoms with Crippen LogP contribution in [0, 0.1) is 13.8 Å². The Morgan fingerprint density at radius 1 is 1.07 bits per heavy atom. The maximum Gasteiger partial charge on any atom is 0.242 e. The zero-order valence-electron chi connectivity index (χ0n) is 16.2. The lowest BCUT2D eigenvalue weighted by atomic mass is 10.0. The Balaban J connectivity index is 1.71. The summed E-state index contributed by atoms with van der Waals surface area (Å²) >= 11 is 0. The molecule has 0 heterocycles. The van der Waals surface area contributed by atoms with Crippen LogP contribution < -0.4 is 10.6 Å². The van der Waals surface area contributed by atoms with Crippen LogP contribution in [-0.4, -0.2) is 36.3 Å². The first-order valence-electron chi connectivity index (χ1n) is 9.37. The second kappa shape index (κ2) is 8.35. The van der Waals surface area contributed by atoms with Gasteiger partial charge in [-0.2, -0.15) is 0 Å². The Morgan fingerprint density at radius 2 is 1.78 bits per heavy atom. The first kappa shape index (κ1) is 19.1. The lowest BCUT2D eigenvalue weighted by Gasteiger charge is -2.27. The van der Waals surface area contributed by atoms with Gasteiger partial charge in [0.15, 0.2) is 0 Å². The molecule has 27 heavy (non-hydrogen) atoms. The van der Waals surface area contributed by atoms with Crippen LogP contribution in [0.1, 0.15) is 35.6 Å². The van der Waals surface area contributed by atoms with Gasteiger partial charge in [-0.3, -0.25) is 14.5 Å². The average molecular weight is 365 g/mol. The Kier molecular flexibility index (Phi) is 5.91. The van der Waals surface area contributed by atoms with Crippen molar-refractivity contribution in [2.24, 2.45) is 0 Å². The highest BCUT2D eigenvalue weighted by atomic mass is 16.2. The zero-order valence-corrected chi connectivity index (χ0v) is 16.2. The number of amides is 2. The van der Waals surface area contributed by atoms with E-state index in [1.54, 1.807) is 4.90 Å². The number of nitrogens with one attached hydrogen (secondary N) is 2. The molecule has 0 aliphatic heterocycles. The van der Waals surface area contributed by atoms with Crippen molar-refractivity contribution in [3.63, 3.8) is 0 Å². The second-order valence-corrected chi connectivity index (χ2v) is 7.31. The number of anilines is 1. The molecule has 2 aromatic carbocycles. The van der Waals surface area contributed by atoms with Crippen molar-refractivity contribution in [3.8, 4) is 0 Å². The number of carbonyl (C=O) groups excluding carboxylic acids is 2. The van der Waals surface area contributed by atoms with Crippen LogP contribution in [0.4, 0.5) is 5.69 Å². The third-order valence-electron chi connectivity index (χ3n) is 5.00. The largest absolute Gasteiger partial charge is 0.352 e. The van der Waals surface area contributed by atoms with Gasteiger partial charge in [-0.25, -0.2) is 0 Å². The number of hydrogen-bond donors (Lipinski definition) is 2. The molecule has 1 aliphatic carbocycles. The van der Waals surface area contributed by atoms with Crippen LogP contribution >= 0.6 is 0 Å². The Hall–Kier alpha value is -2.66. The van der Waals surface area contributed by atoms with E-state index in [0.29, 0.717) is 0 Å². The van der Waals surface area contributed by atoms with Crippen molar-refractivity contribution in [2.45, 2.75) is 38.8 Å². The molecule has 1 saturated carbocycles. The maximum atomic E-state index is 12.8. The van der Waals surface area contributed by atoms with Crippen molar-refractivity contribution >= 4 is 17.5 Å². The summed E-state index contributed by atoms with van der Waals surface area (Å²) in [5.74, 6) is -0.183. The van der Waals surface area contributed by atoms with Gasteiger partial charge in [0.1, 0.15) is 6.04 Å². The van der Waals surface area contributed by atoms with Gasteiger partial charge in [0, 0.05) is 11.7 Å². The fraction of sp³-hybridized carbons (Fsp3) is 0.364. The Labute approximate surface area is 160 Å². The Bertz CT molecular complexity index is 816. The molecule has 3 rings (SSSR count). The highest BCUT2D eigenvalue weighted by Gasteiger charge is 2.31. The lowest BCUT2D eigenvalue weighted by molar-refractivity contribution is -0.127. The van der Waals surface area contributed by atoms with E-state index in [4.69, 9.17) is 0 Å². The summed E-state index contributed by atoms with van der Waals surface area (Å²) in [5, 5.41) is 6.03. The summed E-state index contributed by atoms with van der Waals surface area (Å²) in [6, 6.07) is 15.2. The van der Waals surface area contributed by atoms with Crippen LogP contribution in [0.3, 0.4) is 0 Å². The molecule has 2 aromatic rings. The van der Waals surface area contributed by atoms with Crippen LogP contribution in [-0.2, 0) is 9.59 Å². The molecule has 1 aliphatic rings. The predicted molar refractivity (Wildman–Crippen MR) is 108 cm³/mol. The monoisotopic (exact) mass is 365 g/mol. The first-order valence-corrected chi connectivity index (χ1v) is 9.37. The van der Waals surface area contributed by atoms with Gasteiger partial charge in [0.2, 0.25) is 11.8 Å². The van der Waals surface area contributed by atoms with Crippen LogP contribution in [0.15, 0.2) is 48.5 Å². The number of hydrogen-bond acceptors (Lipinski definition) is 3. The van der Waals surface area contributed by atoms with Gasteiger partial charge >= 0.3 is 0 Å². The quantitative estimate of drug-likeness (QED) is 0.792. The number of benzene rings is 2. The third-order valence-corrected chi connectivity index (χ3v) is 5.00. The number of aryl methyl sites for hydroxylation is 1. The van der Waals surface area contributed by atoms with Gasteiger partial charge in [0.05, 0.1) is 6.54 Å². The fourth-order valence-corrected chi connectivity index (χ4v) is 3.14. The van der Waals surface area contributed by atoms with Gasteiger partial charge in [-0.1, -0.05) is 42.5 Å². The number of nitrogens with zero attached hydrogens (tertiary/aromatic N) is 1. The molecule has 0 aromatic heterocycles. The van der Waals surface area contributed by atoms with E-state index in [1.807, 2.05) is 69.4 Å². The molecule has 2 amide bonds. The molecule has 0 radical (unpaired) electrons. The van der Waals surface area contributed by atoms with Gasteiger partial charge in [0.25, 0.3) is 0 Å². The van der Waals surface area contributed by atoms with E-state index < -0.39 is 6.04 Å². The summed E-state index contributed by atoms with van der Waals surface area (Å²) in [5.41, 5.74) is 3.89. The summed E-state index contributed by atoms with van der Waals surface area (Å²) in [6.45, 7) is 4.14. The van der Waals surface area contributed by atoms with Crippen molar-refractivity contribution in [3.05, 3.63) is 65.2 Å². The molecule has 0 spiro atoms. The van der Waals surface area contributed by atoms with E-state index in [0.717, 1.165) is 35.2 Å². The van der Waals surface area contributed by atoms with E-state index in [-0.39, 0.29) is 24.4 Å². The Morgan fingerprint density at radius 3 is 2.44 bits per heavy atom. The molecule has 0 bridgehead atoms. The molecule has 1 fully saturated rings. The van der Waals surface area contributed by atoms with E-state index in [2.05, 4.69) is 10.6 Å². The second-order valence-electron chi connectivity index (χ2n) is 7.31. The van der Waals surface area contributed by atoms with Crippen molar-refractivity contribution in [2.75, 3.05) is 18.9 Å². The van der Waals surface area contributed by atoms with Gasteiger partial charge in [-0.05, 0) is 56.5 Å². The molecule has 5 heteroatoms. The standard InChI is InChI=1S/C22H27N3O2/c1-15-8-7-11-19(16(15)2)24-20(26)14-25(3)21(17-9-5-4-6-10-17)22(27)23-18-12-13-18/h4-11,18,21H,12-14H2,1-3H3,(H,23,27)(H,24,26). The van der Waals surface area contributed by atoms with Crippen molar-refractivity contribution < 1.29 is 9.59 Å². The van der Waals surface area contributed by atoms with Crippen LogP contribution in [0.5, 0.6) is 0 Å². The molecule has 1 atom stereocenters. The van der Waals surface area contributed by atoms with Crippen molar-refractivity contribution in [1.29, 1.82) is 0 Å². The average Bonchev–Trinajstić information content (AvgIpc) is 3.44.